The van der Waals surface area contributed by atoms with Gasteiger partial charge in [0, 0.05) is 17.4 Å². The van der Waals surface area contributed by atoms with Crippen LogP contribution >= 0.6 is 0 Å². The van der Waals surface area contributed by atoms with Crippen LogP contribution in [0.4, 0.5) is 0 Å². The largest absolute Gasteiger partial charge is 0.461 e. The molecule has 1 aromatic heterocycles. The molecule has 0 atom stereocenters. The number of ether oxygens (including phenoxy) is 1. The molecule has 0 radical (unpaired) electrons. The van der Waals surface area contributed by atoms with Crippen molar-refractivity contribution in [1.29, 1.82) is 0 Å². The van der Waals surface area contributed by atoms with Crippen LogP contribution in [-0.2, 0) is 11.3 Å². The number of hydrogen-bond donors (Lipinski definition) is 0. The smallest absolute Gasteiger partial charge is 0.354 e. The number of aryl methyl sites for hydroxylation is 2. The maximum Gasteiger partial charge on any atom is 0.354 e. The normalized spacial score (nSPS) is 11.0. The second kappa shape index (κ2) is 7.96. The van der Waals surface area contributed by atoms with Crippen molar-refractivity contribution >= 4 is 16.9 Å². The van der Waals surface area contributed by atoms with Gasteiger partial charge in [0.2, 0.25) is 0 Å². The minimum absolute atomic E-state index is 0.284. The van der Waals surface area contributed by atoms with E-state index < -0.39 is 0 Å². The summed E-state index contributed by atoms with van der Waals surface area (Å²) in [6, 6.07) is 25.2. The molecule has 0 saturated carbocycles. The Morgan fingerprint density at radius 2 is 1.62 bits per heavy atom. The Labute approximate surface area is 171 Å². The predicted molar refractivity (Wildman–Crippen MR) is 118 cm³/mol. The summed E-state index contributed by atoms with van der Waals surface area (Å²) in [6.45, 7) is 6.99. The summed E-state index contributed by atoms with van der Waals surface area (Å²) < 4.78 is 7.38. The van der Waals surface area contributed by atoms with Crippen LogP contribution in [0.5, 0.6) is 0 Å². The van der Waals surface area contributed by atoms with Crippen molar-refractivity contribution in [2.75, 3.05) is 6.61 Å². The summed E-state index contributed by atoms with van der Waals surface area (Å²) in [5, 5.41) is 1.04. The number of carbonyl (C=O) groups is 1. The second-order valence-corrected chi connectivity index (χ2v) is 7.46. The van der Waals surface area contributed by atoms with Gasteiger partial charge < -0.3 is 9.30 Å². The number of hydrogen-bond acceptors (Lipinski definition) is 2. The molecule has 3 heteroatoms. The van der Waals surface area contributed by atoms with E-state index in [0.29, 0.717) is 18.8 Å². The first-order chi connectivity index (χ1) is 14.0. The highest BCUT2D eigenvalue weighted by Gasteiger charge is 2.17. The van der Waals surface area contributed by atoms with Crippen molar-refractivity contribution < 1.29 is 9.53 Å². The SMILES string of the molecule is CCOC(=O)c1cc2cc(-c3cccc(C)c3)ccc2n1Cc1ccc(C)cc1. The van der Waals surface area contributed by atoms with E-state index in [4.69, 9.17) is 4.74 Å². The molecule has 0 fully saturated rings. The Morgan fingerprint density at radius 1 is 0.862 bits per heavy atom. The Bertz CT molecular complexity index is 1170. The third-order valence-corrected chi connectivity index (χ3v) is 5.20. The highest BCUT2D eigenvalue weighted by atomic mass is 16.5. The molecule has 0 aliphatic heterocycles. The zero-order valence-corrected chi connectivity index (χ0v) is 17.1. The molecule has 146 valence electrons. The molecule has 3 nitrogen and oxygen atoms in total. The molecule has 1 heterocycles. The van der Waals surface area contributed by atoms with Crippen molar-refractivity contribution in [3.8, 4) is 11.1 Å². The molecular weight excluding hydrogens is 358 g/mol. The average molecular weight is 383 g/mol. The molecule has 29 heavy (non-hydrogen) atoms. The monoisotopic (exact) mass is 383 g/mol. The van der Waals surface area contributed by atoms with Crippen LogP contribution in [0.3, 0.4) is 0 Å². The van der Waals surface area contributed by atoms with E-state index >= 15 is 0 Å². The Hall–Kier alpha value is -3.33. The van der Waals surface area contributed by atoms with Gasteiger partial charge in [-0.15, -0.1) is 0 Å². The lowest BCUT2D eigenvalue weighted by Gasteiger charge is -2.11. The molecule has 0 spiro atoms. The van der Waals surface area contributed by atoms with Gasteiger partial charge in [0.15, 0.2) is 0 Å². The van der Waals surface area contributed by atoms with Crippen LogP contribution in [0.15, 0.2) is 72.8 Å². The molecule has 0 saturated heterocycles. The summed E-state index contributed by atoms with van der Waals surface area (Å²) in [6.07, 6.45) is 0. The molecule has 0 amide bonds. The van der Waals surface area contributed by atoms with Crippen molar-refractivity contribution in [3.05, 3.63) is 95.2 Å². The molecule has 0 aliphatic rings. The van der Waals surface area contributed by atoms with Gasteiger partial charge in [0.25, 0.3) is 0 Å². The van der Waals surface area contributed by atoms with Crippen LogP contribution in [0, 0.1) is 13.8 Å². The minimum atomic E-state index is -0.284. The molecule has 0 aliphatic carbocycles. The third-order valence-electron chi connectivity index (χ3n) is 5.20. The van der Waals surface area contributed by atoms with Crippen LogP contribution in [-0.4, -0.2) is 17.1 Å². The third kappa shape index (κ3) is 3.95. The molecule has 0 N–H and O–H groups in total. The van der Waals surface area contributed by atoms with Crippen molar-refractivity contribution in [1.82, 2.24) is 4.57 Å². The molecular formula is C26H25NO2. The van der Waals surface area contributed by atoms with Crippen molar-refractivity contribution in [2.45, 2.75) is 27.3 Å². The quantitative estimate of drug-likeness (QED) is 0.387. The lowest BCUT2D eigenvalue weighted by molar-refractivity contribution is 0.0515. The summed E-state index contributed by atoms with van der Waals surface area (Å²) in [7, 11) is 0. The lowest BCUT2D eigenvalue weighted by Crippen LogP contribution is -2.12. The van der Waals surface area contributed by atoms with Gasteiger partial charge in [-0.05, 0) is 55.7 Å². The first-order valence-electron chi connectivity index (χ1n) is 9.98. The predicted octanol–water partition coefficient (Wildman–Crippen LogP) is 6.15. The average Bonchev–Trinajstić information content (AvgIpc) is 3.07. The maximum atomic E-state index is 12.6. The molecule has 4 aromatic rings. The Kier molecular flexibility index (Phi) is 5.22. The molecule has 0 bridgehead atoms. The maximum absolute atomic E-state index is 12.6. The van der Waals surface area contributed by atoms with E-state index in [9.17, 15) is 4.79 Å². The van der Waals surface area contributed by atoms with Gasteiger partial charge in [0.05, 0.1) is 6.61 Å². The van der Waals surface area contributed by atoms with Crippen molar-refractivity contribution in [2.24, 2.45) is 0 Å². The first kappa shape index (κ1) is 19.0. The number of aromatic nitrogens is 1. The number of rotatable bonds is 5. The fraction of sp³-hybridized carbons (Fsp3) is 0.192. The van der Waals surface area contributed by atoms with E-state index in [-0.39, 0.29) is 5.97 Å². The topological polar surface area (TPSA) is 31.2 Å². The van der Waals surface area contributed by atoms with Crippen LogP contribution in [0.25, 0.3) is 22.0 Å². The highest BCUT2D eigenvalue weighted by molar-refractivity contribution is 5.97. The summed E-state index contributed by atoms with van der Waals surface area (Å²) >= 11 is 0. The number of benzene rings is 3. The summed E-state index contributed by atoms with van der Waals surface area (Å²) in [5.41, 5.74) is 7.54. The zero-order chi connectivity index (χ0) is 20.4. The van der Waals surface area contributed by atoms with Gasteiger partial charge in [-0.3, -0.25) is 0 Å². The van der Waals surface area contributed by atoms with Gasteiger partial charge in [0.1, 0.15) is 5.69 Å². The van der Waals surface area contributed by atoms with Crippen molar-refractivity contribution in [3.63, 3.8) is 0 Å². The van der Waals surface area contributed by atoms with Gasteiger partial charge in [-0.25, -0.2) is 4.79 Å². The van der Waals surface area contributed by atoms with E-state index in [1.165, 1.54) is 16.7 Å². The van der Waals surface area contributed by atoms with Gasteiger partial charge in [-0.1, -0.05) is 65.7 Å². The fourth-order valence-electron chi connectivity index (χ4n) is 3.70. The fourth-order valence-corrected chi connectivity index (χ4v) is 3.70. The number of esters is 1. The van der Waals surface area contributed by atoms with E-state index in [1.54, 1.807) is 0 Å². The van der Waals surface area contributed by atoms with Crippen LogP contribution < -0.4 is 0 Å². The summed E-state index contributed by atoms with van der Waals surface area (Å²) in [5.74, 6) is -0.284. The zero-order valence-electron chi connectivity index (χ0n) is 17.1. The van der Waals surface area contributed by atoms with E-state index in [2.05, 4.69) is 85.1 Å². The van der Waals surface area contributed by atoms with E-state index in [0.717, 1.165) is 22.0 Å². The van der Waals surface area contributed by atoms with Gasteiger partial charge in [-0.2, -0.15) is 0 Å². The molecule has 4 rings (SSSR count). The number of nitrogens with zero attached hydrogens (tertiary/aromatic N) is 1. The number of fused-ring (bicyclic) bond motifs is 1. The second-order valence-electron chi connectivity index (χ2n) is 7.46. The minimum Gasteiger partial charge on any atom is -0.461 e. The standard InChI is InChI=1S/C26H25NO2/c1-4-29-26(28)25-16-23-15-22(21-7-5-6-19(3)14-21)12-13-24(23)27(25)17-20-10-8-18(2)9-11-20/h5-16H,4,17H2,1-3H3. The Balaban J connectivity index is 1.81. The van der Waals surface area contributed by atoms with Crippen LogP contribution in [0.2, 0.25) is 0 Å². The molecule has 3 aromatic carbocycles. The molecule has 0 unspecified atom stereocenters. The lowest BCUT2D eigenvalue weighted by atomic mass is 10.0. The highest BCUT2D eigenvalue weighted by Crippen LogP contribution is 2.28. The Morgan fingerprint density at radius 3 is 2.34 bits per heavy atom. The summed E-state index contributed by atoms with van der Waals surface area (Å²) in [4.78, 5) is 12.6. The van der Waals surface area contributed by atoms with Gasteiger partial charge >= 0.3 is 5.97 Å². The number of carbonyl (C=O) groups excluding carboxylic acids is 1. The van der Waals surface area contributed by atoms with E-state index in [1.807, 2.05) is 13.0 Å². The van der Waals surface area contributed by atoms with Crippen LogP contribution in [0.1, 0.15) is 34.1 Å². The first-order valence-corrected chi connectivity index (χ1v) is 9.98.